The summed E-state index contributed by atoms with van der Waals surface area (Å²) in [6.07, 6.45) is 4.03. The highest BCUT2D eigenvalue weighted by molar-refractivity contribution is 5.75. The van der Waals surface area contributed by atoms with Gasteiger partial charge in [0.1, 0.15) is 5.82 Å². The molecule has 25 heavy (non-hydrogen) atoms. The van der Waals surface area contributed by atoms with Gasteiger partial charge in [0.15, 0.2) is 0 Å². The van der Waals surface area contributed by atoms with Gasteiger partial charge in [-0.25, -0.2) is 9.78 Å². The van der Waals surface area contributed by atoms with Crippen LogP contribution in [0.3, 0.4) is 0 Å². The number of urea groups is 1. The van der Waals surface area contributed by atoms with Crippen molar-refractivity contribution in [3.63, 3.8) is 0 Å². The third-order valence-electron chi connectivity index (χ3n) is 4.58. The molecule has 0 spiro atoms. The summed E-state index contributed by atoms with van der Waals surface area (Å²) in [7, 11) is 0. The van der Waals surface area contributed by atoms with Gasteiger partial charge in [-0.1, -0.05) is 0 Å². The summed E-state index contributed by atoms with van der Waals surface area (Å²) in [6, 6.07) is 3.84. The minimum absolute atomic E-state index is 0.00521. The van der Waals surface area contributed by atoms with E-state index >= 15 is 0 Å². The molecular weight excluding hydrogens is 320 g/mol. The molecule has 2 amide bonds. The summed E-state index contributed by atoms with van der Waals surface area (Å²) in [4.78, 5) is 20.5. The topological polar surface area (TPSA) is 87.4 Å². The summed E-state index contributed by atoms with van der Waals surface area (Å²) < 4.78 is 5.85. The number of aromatic nitrogens is 3. The largest absolute Gasteiger partial charge is 0.420 e. The number of piperazine rings is 1. The van der Waals surface area contributed by atoms with Gasteiger partial charge in [-0.05, 0) is 31.9 Å². The summed E-state index contributed by atoms with van der Waals surface area (Å²) in [5.74, 6) is 2.52. The van der Waals surface area contributed by atoms with Crippen LogP contribution < -0.4 is 10.2 Å². The van der Waals surface area contributed by atoms with Crippen molar-refractivity contribution in [3.8, 4) is 11.5 Å². The Bertz CT molecular complexity index is 749. The Morgan fingerprint density at radius 3 is 2.80 bits per heavy atom. The summed E-state index contributed by atoms with van der Waals surface area (Å²) in [5.41, 5.74) is 0.855. The molecule has 1 saturated heterocycles. The second-order valence-electron chi connectivity index (χ2n) is 6.40. The second kappa shape index (κ2) is 6.70. The predicted octanol–water partition coefficient (Wildman–Crippen LogP) is 1.86. The molecule has 0 unspecified atom stereocenters. The highest BCUT2D eigenvalue weighted by Gasteiger charge is 2.30. The average molecular weight is 342 g/mol. The van der Waals surface area contributed by atoms with Crippen LogP contribution in [0.1, 0.15) is 31.6 Å². The number of rotatable bonds is 4. The van der Waals surface area contributed by atoms with E-state index in [2.05, 4.69) is 25.4 Å². The number of carbonyl (C=O) groups is 1. The van der Waals surface area contributed by atoms with Crippen LogP contribution in [0, 0.1) is 0 Å². The van der Waals surface area contributed by atoms with Crippen LogP contribution >= 0.6 is 0 Å². The number of hydrogen-bond acceptors (Lipinski definition) is 6. The molecule has 2 fully saturated rings. The number of nitrogens with one attached hydrogen (secondary N) is 1. The third-order valence-corrected chi connectivity index (χ3v) is 4.58. The van der Waals surface area contributed by atoms with Gasteiger partial charge in [0.2, 0.25) is 5.89 Å². The molecule has 8 nitrogen and oxygen atoms in total. The van der Waals surface area contributed by atoms with Crippen LogP contribution in [-0.4, -0.2) is 58.8 Å². The van der Waals surface area contributed by atoms with Crippen LogP contribution in [0.5, 0.6) is 0 Å². The van der Waals surface area contributed by atoms with E-state index in [0.717, 1.165) is 43.2 Å². The Morgan fingerprint density at radius 2 is 2.08 bits per heavy atom. The lowest BCUT2D eigenvalue weighted by atomic mass is 10.2. The van der Waals surface area contributed by atoms with Crippen molar-refractivity contribution in [1.82, 2.24) is 25.4 Å². The highest BCUT2D eigenvalue weighted by atomic mass is 16.4. The number of nitrogens with zero attached hydrogens (tertiary/aromatic N) is 5. The Hall–Kier alpha value is -2.64. The van der Waals surface area contributed by atoms with Crippen LogP contribution in [0.25, 0.3) is 11.5 Å². The first-order valence-corrected chi connectivity index (χ1v) is 8.82. The van der Waals surface area contributed by atoms with E-state index in [9.17, 15) is 4.79 Å². The van der Waals surface area contributed by atoms with Crippen molar-refractivity contribution in [3.05, 3.63) is 24.2 Å². The molecule has 2 aliphatic rings. The molecule has 1 aliphatic heterocycles. The Morgan fingerprint density at radius 1 is 1.28 bits per heavy atom. The molecule has 3 heterocycles. The number of amides is 2. The summed E-state index contributed by atoms with van der Waals surface area (Å²) in [6.45, 7) is 5.35. The fourth-order valence-electron chi connectivity index (χ4n) is 3.04. The average Bonchev–Trinajstić information content (AvgIpc) is 3.39. The maximum atomic E-state index is 11.9. The standard InChI is InChI=1S/C17H22N6O2/c1-2-18-17(24)23-10-8-22(9-11-23)14-13(4-3-7-19-14)16-21-20-15(25-16)12-5-6-12/h3-4,7,12H,2,5-6,8-11H2,1H3,(H,18,24). The smallest absolute Gasteiger partial charge is 0.317 e. The molecule has 0 aromatic carbocycles. The van der Waals surface area contributed by atoms with E-state index in [4.69, 9.17) is 4.42 Å². The molecule has 2 aromatic rings. The fraction of sp³-hybridized carbons (Fsp3) is 0.529. The van der Waals surface area contributed by atoms with Gasteiger partial charge in [0.05, 0.1) is 5.56 Å². The first-order valence-electron chi connectivity index (χ1n) is 8.82. The first kappa shape index (κ1) is 15.9. The van der Waals surface area contributed by atoms with E-state index in [1.165, 1.54) is 0 Å². The zero-order valence-corrected chi connectivity index (χ0v) is 14.3. The molecule has 1 saturated carbocycles. The van der Waals surface area contributed by atoms with E-state index < -0.39 is 0 Å². The van der Waals surface area contributed by atoms with Crippen molar-refractivity contribution in [2.75, 3.05) is 37.6 Å². The van der Waals surface area contributed by atoms with Crippen molar-refractivity contribution in [2.45, 2.75) is 25.7 Å². The molecule has 1 N–H and O–H groups in total. The van der Waals surface area contributed by atoms with E-state index in [0.29, 0.717) is 31.4 Å². The number of anilines is 1. The van der Waals surface area contributed by atoms with E-state index in [-0.39, 0.29) is 6.03 Å². The van der Waals surface area contributed by atoms with Crippen LogP contribution in [0.4, 0.5) is 10.6 Å². The molecule has 0 radical (unpaired) electrons. The zero-order chi connectivity index (χ0) is 17.2. The summed E-state index contributed by atoms with van der Waals surface area (Å²) in [5, 5.41) is 11.2. The lowest BCUT2D eigenvalue weighted by Gasteiger charge is -2.35. The van der Waals surface area contributed by atoms with Crippen LogP contribution in [-0.2, 0) is 0 Å². The van der Waals surface area contributed by atoms with Gasteiger partial charge in [-0.15, -0.1) is 10.2 Å². The Labute approximate surface area is 146 Å². The molecule has 8 heteroatoms. The van der Waals surface area contributed by atoms with Crippen molar-refractivity contribution >= 4 is 11.8 Å². The van der Waals surface area contributed by atoms with Gasteiger partial charge in [0, 0.05) is 44.8 Å². The van der Waals surface area contributed by atoms with Crippen molar-refractivity contribution < 1.29 is 9.21 Å². The lowest BCUT2D eigenvalue weighted by Crippen LogP contribution is -2.52. The number of pyridine rings is 1. The third kappa shape index (κ3) is 3.29. The fourth-order valence-corrected chi connectivity index (χ4v) is 3.04. The Balaban J connectivity index is 1.50. The normalized spacial score (nSPS) is 17.6. The molecule has 0 bridgehead atoms. The molecule has 0 atom stereocenters. The van der Waals surface area contributed by atoms with Gasteiger partial charge in [-0.3, -0.25) is 0 Å². The molecule has 2 aromatic heterocycles. The van der Waals surface area contributed by atoms with E-state index in [1.54, 1.807) is 6.20 Å². The quantitative estimate of drug-likeness (QED) is 0.912. The monoisotopic (exact) mass is 342 g/mol. The first-order chi connectivity index (χ1) is 12.3. The van der Waals surface area contributed by atoms with Gasteiger partial charge >= 0.3 is 6.03 Å². The highest BCUT2D eigenvalue weighted by Crippen LogP contribution is 2.40. The SMILES string of the molecule is CCNC(=O)N1CCN(c2ncccc2-c2nnc(C3CC3)o2)CC1. The molecule has 1 aliphatic carbocycles. The zero-order valence-electron chi connectivity index (χ0n) is 14.3. The molecular formula is C17H22N6O2. The van der Waals surface area contributed by atoms with Crippen LogP contribution in [0.15, 0.2) is 22.7 Å². The maximum Gasteiger partial charge on any atom is 0.317 e. The van der Waals surface area contributed by atoms with Gasteiger partial charge in [0.25, 0.3) is 5.89 Å². The van der Waals surface area contributed by atoms with Crippen molar-refractivity contribution in [1.29, 1.82) is 0 Å². The lowest BCUT2D eigenvalue weighted by molar-refractivity contribution is 0.195. The van der Waals surface area contributed by atoms with Crippen molar-refractivity contribution in [2.24, 2.45) is 0 Å². The Kier molecular flexibility index (Phi) is 4.25. The minimum atomic E-state index is -0.00521. The van der Waals surface area contributed by atoms with Gasteiger partial charge in [-0.2, -0.15) is 0 Å². The van der Waals surface area contributed by atoms with Gasteiger partial charge < -0.3 is 19.5 Å². The van der Waals surface area contributed by atoms with E-state index in [1.807, 2.05) is 24.0 Å². The summed E-state index contributed by atoms with van der Waals surface area (Å²) >= 11 is 0. The number of hydrogen-bond donors (Lipinski definition) is 1. The second-order valence-corrected chi connectivity index (χ2v) is 6.40. The minimum Gasteiger partial charge on any atom is -0.420 e. The number of carbonyl (C=O) groups excluding carboxylic acids is 1. The maximum absolute atomic E-state index is 11.9. The predicted molar refractivity (Wildman–Crippen MR) is 92.4 cm³/mol. The van der Waals surface area contributed by atoms with Crippen LogP contribution in [0.2, 0.25) is 0 Å². The molecule has 4 rings (SSSR count). The molecule has 132 valence electrons.